The van der Waals surface area contributed by atoms with Gasteiger partial charge in [-0.15, -0.1) is 0 Å². The van der Waals surface area contributed by atoms with Gasteiger partial charge in [0.15, 0.2) is 0 Å². The summed E-state index contributed by atoms with van der Waals surface area (Å²) in [5.41, 5.74) is 7.28. The van der Waals surface area contributed by atoms with Gasteiger partial charge in [0, 0.05) is 36.8 Å². The van der Waals surface area contributed by atoms with Gasteiger partial charge in [0.1, 0.15) is 12.4 Å². The van der Waals surface area contributed by atoms with Crippen LogP contribution in [-0.4, -0.2) is 34.5 Å². The van der Waals surface area contributed by atoms with Crippen molar-refractivity contribution in [1.29, 1.82) is 0 Å². The molecule has 0 N–H and O–H groups in total. The quantitative estimate of drug-likeness (QED) is 0.407. The van der Waals surface area contributed by atoms with Gasteiger partial charge < -0.3 is 14.4 Å². The monoisotopic (exact) mass is 478 g/mol. The number of benzene rings is 3. The molecule has 0 aliphatic carbocycles. The molecule has 1 unspecified atom stereocenters. The van der Waals surface area contributed by atoms with Gasteiger partial charge >= 0.3 is 0 Å². The van der Waals surface area contributed by atoms with Crippen LogP contribution < -0.4 is 9.80 Å². The van der Waals surface area contributed by atoms with Crippen molar-refractivity contribution in [3.8, 4) is 0 Å². The summed E-state index contributed by atoms with van der Waals surface area (Å²) in [6.45, 7) is 5.63. The summed E-state index contributed by atoms with van der Waals surface area (Å²) in [4.78, 5) is 35.6. The number of hydrogen-bond donors (Lipinski definition) is 0. The third-order valence-corrected chi connectivity index (χ3v) is 7.75. The normalized spacial score (nSPS) is 17.6. The van der Waals surface area contributed by atoms with E-state index in [1.54, 1.807) is 0 Å². The predicted molar refractivity (Wildman–Crippen MR) is 142 cm³/mol. The van der Waals surface area contributed by atoms with Crippen molar-refractivity contribution in [2.45, 2.75) is 45.6 Å². The van der Waals surface area contributed by atoms with Crippen LogP contribution in [0.25, 0.3) is 11.0 Å². The molecule has 6 heteroatoms. The van der Waals surface area contributed by atoms with E-state index in [2.05, 4.69) is 26.0 Å². The zero-order valence-electron chi connectivity index (χ0n) is 20.8. The highest BCUT2D eigenvalue weighted by molar-refractivity contribution is 5.98. The molecule has 2 aliphatic heterocycles. The van der Waals surface area contributed by atoms with E-state index >= 15 is 0 Å². The van der Waals surface area contributed by atoms with Crippen molar-refractivity contribution in [1.82, 2.24) is 9.55 Å². The van der Waals surface area contributed by atoms with Crippen LogP contribution in [0.4, 0.5) is 11.4 Å². The molecule has 1 atom stereocenters. The van der Waals surface area contributed by atoms with Crippen LogP contribution in [0.3, 0.4) is 0 Å². The Morgan fingerprint density at radius 2 is 1.75 bits per heavy atom. The largest absolute Gasteiger partial charge is 0.318 e. The van der Waals surface area contributed by atoms with Crippen molar-refractivity contribution < 1.29 is 9.59 Å². The van der Waals surface area contributed by atoms with Crippen LogP contribution in [-0.2, 0) is 22.6 Å². The minimum Gasteiger partial charge on any atom is -0.318 e. The van der Waals surface area contributed by atoms with Gasteiger partial charge in [-0.3, -0.25) is 9.59 Å². The maximum atomic E-state index is 13.7. The fourth-order valence-corrected chi connectivity index (χ4v) is 5.73. The molecule has 3 heterocycles. The summed E-state index contributed by atoms with van der Waals surface area (Å²) in [5.74, 6) is 0.896. The molecule has 4 aromatic rings. The molecule has 1 saturated heterocycles. The van der Waals surface area contributed by atoms with E-state index in [1.807, 2.05) is 69.0 Å². The molecule has 1 aromatic heterocycles. The molecule has 0 spiro atoms. The summed E-state index contributed by atoms with van der Waals surface area (Å²) >= 11 is 0. The number of para-hydroxylation sites is 3. The number of aromatic nitrogens is 2. The Hall–Kier alpha value is -3.93. The Bertz CT molecular complexity index is 1490. The zero-order valence-corrected chi connectivity index (χ0v) is 20.8. The average molecular weight is 479 g/mol. The number of anilines is 2. The van der Waals surface area contributed by atoms with Gasteiger partial charge in [0.05, 0.1) is 11.0 Å². The Morgan fingerprint density at radius 1 is 0.972 bits per heavy atom. The number of nitrogens with zero attached hydrogens (tertiary/aromatic N) is 4. The molecule has 3 aromatic carbocycles. The summed E-state index contributed by atoms with van der Waals surface area (Å²) in [6.07, 6.45) is 2.34. The van der Waals surface area contributed by atoms with E-state index in [-0.39, 0.29) is 24.3 Å². The van der Waals surface area contributed by atoms with Crippen molar-refractivity contribution in [2.75, 3.05) is 22.9 Å². The first-order valence-corrected chi connectivity index (χ1v) is 12.7. The number of hydrogen-bond acceptors (Lipinski definition) is 3. The van der Waals surface area contributed by atoms with Crippen molar-refractivity contribution in [2.24, 2.45) is 0 Å². The van der Waals surface area contributed by atoms with Gasteiger partial charge in [0.25, 0.3) is 0 Å². The van der Waals surface area contributed by atoms with Crippen molar-refractivity contribution >= 4 is 34.2 Å². The first kappa shape index (κ1) is 22.5. The molecule has 1 fully saturated rings. The van der Waals surface area contributed by atoms with Gasteiger partial charge in [-0.1, -0.05) is 42.5 Å². The second kappa shape index (κ2) is 8.94. The molecular weight excluding hydrogens is 448 g/mol. The Balaban J connectivity index is 1.35. The number of carbonyl (C=O) groups excluding carboxylic acids is 2. The van der Waals surface area contributed by atoms with Gasteiger partial charge in [0.2, 0.25) is 11.8 Å². The van der Waals surface area contributed by atoms with Gasteiger partial charge in [-0.2, -0.15) is 0 Å². The first-order valence-electron chi connectivity index (χ1n) is 12.7. The number of amides is 2. The minimum absolute atomic E-state index is 0.0576. The summed E-state index contributed by atoms with van der Waals surface area (Å²) < 4.78 is 2.04. The van der Waals surface area contributed by atoms with E-state index < -0.39 is 0 Å². The Kier molecular flexibility index (Phi) is 5.59. The Morgan fingerprint density at radius 3 is 2.64 bits per heavy atom. The first-order chi connectivity index (χ1) is 17.5. The second-order valence-corrected chi connectivity index (χ2v) is 9.95. The number of aryl methyl sites for hydroxylation is 2. The fourth-order valence-electron chi connectivity index (χ4n) is 5.73. The number of carbonyl (C=O) groups is 2. The Labute approximate surface area is 211 Å². The number of fused-ring (bicyclic) bond motifs is 2. The van der Waals surface area contributed by atoms with Crippen LogP contribution >= 0.6 is 0 Å². The highest BCUT2D eigenvalue weighted by Gasteiger charge is 2.36. The zero-order chi connectivity index (χ0) is 24.8. The molecule has 0 radical (unpaired) electrons. The standard InChI is InChI=1S/C30H30N4O2/c1-20-9-7-15-25(21(20)2)33-18-23(17-28(33)35)30-31-24-12-4-6-14-27(24)34(30)19-29(36)32-16-8-11-22-10-3-5-13-26(22)32/h3-7,9-10,12-15,23H,8,11,16-19H2,1-2H3. The topological polar surface area (TPSA) is 58.4 Å². The molecule has 36 heavy (non-hydrogen) atoms. The van der Waals surface area contributed by atoms with Crippen LogP contribution in [0.15, 0.2) is 66.7 Å². The van der Waals surface area contributed by atoms with Crippen LogP contribution in [0.5, 0.6) is 0 Å². The lowest BCUT2D eigenvalue weighted by Crippen LogP contribution is -2.38. The minimum atomic E-state index is -0.0775. The van der Waals surface area contributed by atoms with E-state index in [0.29, 0.717) is 13.0 Å². The summed E-state index contributed by atoms with van der Waals surface area (Å²) in [5, 5.41) is 0. The lowest BCUT2D eigenvalue weighted by atomic mass is 10.0. The third kappa shape index (κ3) is 3.77. The predicted octanol–water partition coefficient (Wildman–Crippen LogP) is 5.15. The summed E-state index contributed by atoms with van der Waals surface area (Å²) in [6, 6.07) is 22.2. The van der Waals surface area contributed by atoms with Crippen LogP contribution in [0.1, 0.15) is 41.3 Å². The number of rotatable bonds is 4. The van der Waals surface area contributed by atoms with Crippen molar-refractivity contribution in [3.05, 3.63) is 89.2 Å². The maximum absolute atomic E-state index is 13.7. The van der Waals surface area contributed by atoms with E-state index in [4.69, 9.17) is 4.98 Å². The third-order valence-electron chi connectivity index (χ3n) is 7.75. The molecule has 6 rings (SSSR count). The lowest BCUT2D eigenvalue weighted by molar-refractivity contribution is -0.119. The van der Waals surface area contributed by atoms with Crippen LogP contribution in [0.2, 0.25) is 0 Å². The van der Waals surface area contributed by atoms with Gasteiger partial charge in [-0.05, 0) is 67.6 Å². The molecular formula is C30H30N4O2. The average Bonchev–Trinajstić information content (AvgIpc) is 3.45. The number of imidazole rings is 1. The van der Waals surface area contributed by atoms with Crippen molar-refractivity contribution in [3.63, 3.8) is 0 Å². The summed E-state index contributed by atoms with van der Waals surface area (Å²) in [7, 11) is 0. The molecule has 2 amide bonds. The molecule has 182 valence electrons. The highest BCUT2D eigenvalue weighted by Crippen LogP contribution is 2.35. The van der Waals surface area contributed by atoms with Gasteiger partial charge in [-0.25, -0.2) is 4.98 Å². The van der Waals surface area contributed by atoms with E-state index in [9.17, 15) is 9.59 Å². The molecule has 6 nitrogen and oxygen atoms in total. The van der Waals surface area contributed by atoms with E-state index in [0.717, 1.165) is 53.2 Å². The smallest absolute Gasteiger partial charge is 0.246 e. The maximum Gasteiger partial charge on any atom is 0.246 e. The molecule has 0 bridgehead atoms. The second-order valence-electron chi connectivity index (χ2n) is 9.95. The SMILES string of the molecule is Cc1cccc(N2CC(c3nc4ccccc4n3CC(=O)N3CCCc4ccccc43)CC2=O)c1C. The van der Waals surface area contributed by atoms with Crippen LogP contribution in [0, 0.1) is 13.8 Å². The van der Waals surface area contributed by atoms with E-state index in [1.165, 1.54) is 11.1 Å². The molecule has 2 aliphatic rings. The lowest BCUT2D eigenvalue weighted by Gasteiger charge is -2.30. The molecule has 0 saturated carbocycles. The highest BCUT2D eigenvalue weighted by atomic mass is 16.2. The fraction of sp³-hybridized carbons (Fsp3) is 0.300.